The van der Waals surface area contributed by atoms with Crippen molar-refractivity contribution in [2.24, 2.45) is 10.9 Å². The minimum Gasteiger partial charge on any atom is -0.496 e. The molecule has 0 bridgehead atoms. The number of imide groups is 1. The summed E-state index contributed by atoms with van der Waals surface area (Å²) < 4.78 is 5.44. The van der Waals surface area contributed by atoms with Gasteiger partial charge in [0.15, 0.2) is 0 Å². The van der Waals surface area contributed by atoms with Crippen LogP contribution in [0.1, 0.15) is 54.2 Å². The van der Waals surface area contributed by atoms with Gasteiger partial charge in [0.2, 0.25) is 5.91 Å². The number of carbonyl (C=O) groups excluding carboxylic acids is 2. The zero-order valence-corrected chi connectivity index (χ0v) is 22.5. The van der Waals surface area contributed by atoms with Gasteiger partial charge in [-0.2, -0.15) is 0 Å². The van der Waals surface area contributed by atoms with E-state index in [1.165, 1.54) is 12.1 Å². The average Bonchev–Trinajstić information content (AvgIpc) is 3.06. The van der Waals surface area contributed by atoms with Gasteiger partial charge < -0.3 is 15.2 Å². The molecular weight excluding hydrogens is 512 g/mol. The molecule has 204 valence electrons. The summed E-state index contributed by atoms with van der Waals surface area (Å²) >= 11 is 6.19. The number of aliphatic imine (C=N–C) groups is 1. The van der Waals surface area contributed by atoms with E-state index in [1.807, 2.05) is 6.92 Å². The summed E-state index contributed by atoms with van der Waals surface area (Å²) in [6, 6.07) is 10.5. The topological polar surface area (TPSA) is 130 Å². The molecule has 2 aromatic carbocycles. The van der Waals surface area contributed by atoms with Crippen molar-refractivity contribution in [3.63, 3.8) is 0 Å². The maximum Gasteiger partial charge on any atom is 0.335 e. The van der Waals surface area contributed by atoms with Crippen molar-refractivity contribution in [1.29, 1.82) is 0 Å². The third-order valence-corrected chi connectivity index (χ3v) is 6.38. The molecule has 0 spiro atoms. The number of amidine groups is 1. The molecule has 2 atom stereocenters. The molecule has 1 aliphatic rings. The molecule has 1 heterocycles. The molecular formula is C27H33ClN4O6. The van der Waals surface area contributed by atoms with E-state index in [2.05, 4.69) is 15.8 Å². The lowest BCUT2D eigenvalue weighted by Gasteiger charge is -2.27. The summed E-state index contributed by atoms with van der Waals surface area (Å²) in [6.07, 6.45) is 1.63. The molecule has 0 radical (unpaired) electrons. The second-order valence-electron chi connectivity index (χ2n) is 8.82. The number of ether oxygens (including phenoxy) is 1. The van der Waals surface area contributed by atoms with Gasteiger partial charge in [-0.25, -0.2) is 9.59 Å². The number of nitrogens with one attached hydrogen (secondary N) is 2. The maximum absolute atomic E-state index is 13.7. The van der Waals surface area contributed by atoms with Crippen molar-refractivity contribution >= 4 is 35.3 Å². The van der Waals surface area contributed by atoms with E-state index >= 15 is 0 Å². The highest BCUT2D eigenvalue weighted by molar-refractivity contribution is 6.30. The van der Waals surface area contributed by atoms with Crippen molar-refractivity contribution in [2.45, 2.75) is 39.2 Å². The molecule has 38 heavy (non-hydrogen) atoms. The predicted molar refractivity (Wildman–Crippen MR) is 144 cm³/mol. The third-order valence-electron chi connectivity index (χ3n) is 6.15. The molecule has 1 unspecified atom stereocenters. The number of carbonyl (C=O) groups is 3. The Hall–Kier alpha value is -3.63. The summed E-state index contributed by atoms with van der Waals surface area (Å²) in [5.41, 5.74) is 4.37. The molecule has 10 nitrogen and oxygen atoms in total. The van der Waals surface area contributed by atoms with Gasteiger partial charge in [0.05, 0.1) is 44.3 Å². The first-order valence-corrected chi connectivity index (χ1v) is 12.8. The fourth-order valence-electron chi connectivity index (χ4n) is 4.21. The predicted octanol–water partition coefficient (Wildman–Crippen LogP) is 4.24. The zero-order valence-electron chi connectivity index (χ0n) is 21.7. The van der Waals surface area contributed by atoms with Gasteiger partial charge in [-0.15, -0.1) is 0 Å². The Morgan fingerprint density at radius 3 is 2.58 bits per heavy atom. The summed E-state index contributed by atoms with van der Waals surface area (Å²) in [4.78, 5) is 49.3. The van der Waals surface area contributed by atoms with Gasteiger partial charge in [-0.05, 0) is 61.2 Å². The number of rotatable bonds is 10. The number of benzene rings is 2. The SMILES string of the molecule is CCCC(NC(=O)N1CC(NOCC)=NC[C@H](Cc2cc(Cl)ccc2OC)C1=O)c1ccc(C(=O)O)cc1. The second kappa shape index (κ2) is 13.8. The monoisotopic (exact) mass is 544 g/mol. The van der Waals surface area contributed by atoms with E-state index in [9.17, 15) is 19.5 Å². The number of hydrogen-bond acceptors (Lipinski definition) is 7. The first kappa shape index (κ1) is 28.9. The van der Waals surface area contributed by atoms with E-state index in [1.54, 1.807) is 44.4 Å². The largest absolute Gasteiger partial charge is 0.496 e. The number of hydroxylamine groups is 1. The fraction of sp³-hybridized carbons (Fsp3) is 0.407. The molecule has 0 aliphatic carbocycles. The van der Waals surface area contributed by atoms with Crippen LogP contribution in [0.3, 0.4) is 0 Å². The van der Waals surface area contributed by atoms with Gasteiger partial charge in [-0.1, -0.05) is 37.1 Å². The van der Waals surface area contributed by atoms with Crippen molar-refractivity contribution < 1.29 is 29.1 Å². The molecule has 3 amide bonds. The van der Waals surface area contributed by atoms with Crippen LogP contribution in [0, 0.1) is 5.92 Å². The van der Waals surface area contributed by atoms with Crippen molar-refractivity contribution in [3.8, 4) is 5.75 Å². The number of methoxy groups -OCH3 is 1. The average molecular weight is 545 g/mol. The standard InChI is InChI=1S/C27H33ClN4O6/c1-4-6-22(17-7-9-18(10-8-17)26(34)35)30-27(36)32-16-24(31-38-5-2)29-15-20(25(32)33)13-19-14-21(28)11-12-23(19)37-3/h7-12,14,20,22H,4-6,13,15-16H2,1-3H3,(H,29,31)(H,30,36)(H,34,35)/t20-,22?/m0/s1. The summed E-state index contributed by atoms with van der Waals surface area (Å²) in [6.45, 7) is 4.20. The van der Waals surface area contributed by atoms with E-state index in [0.717, 1.165) is 22.4 Å². The Labute approximate surface area is 226 Å². The Bertz CT molecular complexity index is 1170. The molecule has 0 aromatic heterocycles. The summed E-state index contributed by atoms with van der Waals surface area (Å²) in [5, 5.41) is 12.7. The normalized spacial score (nSPS) is 16.3. The molecule has 3 rings (SSSR count). The van der Waals surface area contributed by atoms with Crippen LogP contribution >= 0.6 is 11.6 Å². The Kier molecular flexibility index (Phi) is 10.5. The van der Waals surface area contributed by atoms with Crippen molar-refractivity contribution in [3.05, 3.63) is 64.2 Å². The lowest BCUT2D eigenvalue weighted by atomic mass is 9.97. The molecule has 11 heteroatoms. The lowest BCUT2D eigenvalue weighted by molar-refractivity contribution is -0.131. The van der Waals surface area contributed by atoms with Crippen LogP contribution in [0.5, 0.6) is 5.75 Å². The third kappa shape index (κ3) is 7.45. The van der Waals surface area contributed by atoms with Gasteiger partial charge in [0, 0.05) is 5.02 Å². The fourth-order valence-corrected chi connectivity index (χ4v) is 4.40. The number of carboxylic acids is 1. The Morgan fingerprint density at radius 2 is 1.95 bits per heavy atom. The van der Waals surface area contributed by atoms with E-state index in [-0.39, 0.29) is 25.1 Å². The van der Waals surface area contributed by atoms with Gasteiger partial charge in [-0.3, -0.25) is 25.0 Å². The summed E-state index contributed by atoms with van der Waals surface area (Å²) in [7, 11) is 1.54. The number of carboxylic acid groups (broad SMARTS) is 1. The van der Waals surface area contributed by atoms with E-state index in [4.69, 9.17) is 21.2 Å². The van der Waals surface area contributed by atoms with E-state index in [0.29, 0.717) is 29.6 Å². The van der Waals surface area contributed by atoms with Crippen molar-refractivity contribution in [2.75, 3.05) is 26.8 Å². The number of aromatic carboxylic acids is 1. The first-order valence-electron chi connectivity index (χ1n) is 12.5. The van der Waals surface area contributed by atoms with Gasteiger partial charge in [0.1, 0.15) is 11.6 Å². The molecule has 2 aromatic rings. The molecule has 1 aliphatic heterocycles. The maximum atomic E-state index is 13.7. The van der Waals surface area contributed by atoms with Crippen LogP contribution in [0.25, 0.3) is 0 Å². The van der Waals surface area contributed by atoms with Crippen LogP contribution in [-0.2, 0) is 16.1 Å². The Morgan fingerprint density at radius 1 is 1.21 bits per heavy atom. The van der Waals surface area contributed by atoms with E-state index < -0.39 is 29.9 Å². The minimum absolute atomic E-state index is 0.0926. The van der Waals surface area contributed by atoms with Crippen LogP contribution in [0.15, 0.2) is 47.5 Å². The molecule has 0 saturated heterocycles. The van der Waals surface area contributed by atoms with Crippen LogP contribution in [-0.4, -0.2) is 60.6 Å². The number of amides is 3. The second-order valence-corrected chi connectivity index (χ2v) is 9.26. The number of nitrogens with zero attached hydrogens (tertiary/aromatic N) is 2. The first-order chi connectivity index (χ1) is 18.3. The summed E-state index contributed by atoms with van der Waals surface area (Å²) in [5.74, 6) is -1.12. The van der Waals surface area contributed by atoms with Gasteiger partial charge >= 0.3 is 12.0 Å². The smallest absolute Gasteiger partial charge is 0.335 e. The van der Waals surface area contributed by atoms with Gasteiger partial charge in [0.25, 0.3) is 0 Å². The van der Waals surface area contributed by atoms with Crippen molar-refractivity contribution in [1.82, 2.24) is 15.7 Å². The molecule has 0 fully saturated rings. The highest BCUT2D eigenvalue weighted by Gasteiger charge is 2.34. The number of halogens is 1. The quantitative estimate of drug-likeness (QED) is 0.381. The van der Waals surface area contributed by atoms with Crippen LogP contribution in [0.4, 0.5) is 4.79 Å². The highest BCUT2D eigenvalue weighted by atomic mass is 35.5. The van der Waals surface area contributed by atoms with Crippen LogP contribution in [0.2, 0.25) is 5.02 Å². The Balaban J connectivity index is 1.86. The number of hydrogen-bond donors (Lipinski definition) is 3. The minimum atomic E-state index is -1.03. The lowest BCUT2D eigenvalue weighted by Crippen LogP contribution is -2.50. The number of urea groups is 1. The zero-order chi connectivity index (χ0) is 27.7. The van der Waals surface area contributed by atoms with Crippen LogP contribution < -0.4 is 15.5 Å². The molecule has 0 saturated carbocycles. The highest BCUT2D eigenvalue weighted by Crippen LogP contribution is 2.27. The molecule has 3 N–H and O–H groups in total.